The molecule has 0 bridgehead atoms. The predicted octanol–water partition coefficient (Wildman–Crippen LogP) is 3.00. The van der Waals surface area contributed by atoms with E-state index in [1.165, 1.54) is 0 Å². The van der Waals surface area contributed by atoms with Crippen molar-refractivity contribution in [1.82, 2.24) is 5.16 Å². The fourth-order valence-corrected chi connectivity index (χ4v) is 1.83. The quantitative estimate of drug-likeness (QED) is 0.903. The second-order valence-electron chi connectivity index (χ2n) is 4.19. The fourth-order valence-electron chi connectivity index (χ4n) is 1.61. The third-order valence-corrected chi connectivity index (χ3v) is 2.75. The SMILES string of the molecule is Cc1cc(NC(=O)CNc2ccc(Cl)cc2C)on1. The summed E-state index contributed by atoms with van der Waals surface area (Å²) < 4.78 is 4.90. The molecule has 0 aliphatic heterocycles. The van der Waals surface area contributed by atoms with Crippen molar-refractivity contribution in [2.24, 2.45) is 0 Å². The monoisotopic (exact) mass is 279 g/mol. The summed E-state index contributed by atoms with van der Waals surface area (Å²) in [4.78, 5) is 11.7. The van der Waals surface area contributed by atoms with E-state index in [0.29, 0.717) is 10.9 Å². The molecule has 19 heavy (non-hydrogen) atoms. The molecule has 2 rings (SSSR count). The van der Waals surface area contributed by atoms with Crippen LogP contribution in [0.15, 0.2) is 28.8 Å². The van der Waals surface area contributed by atoms with Gasteiger partial charge in [-0.25, -0.2) is 0 Å². The van der Waals surface area contributed by atoms with Gasteiger partial charge in [0.15, 0.2) is 0 Å². The van der Waals surface area contributed by atoms with Gasteiger partial charge in [-0.2, -0.15) is 0 Å². The van der Waals surface area contributed by atoms with E-state index in [-0.39, 0.29) is 12.5 Å². The molecule has 0 fully saturated rings. The lowest BCUT2D eigenvalue weighted by molar-refractivity contribution is -0.114. The van der Waals surface area contributed by atoms with Gasteiger partial charge in [-0.1, -0.05) is 16.8 Å². The minimum absolute atomic E-state index is 0.141. The summed E-state index contributed by atoms with van der Waals surface area (Å²) in [6, 6.07) is 7.10. The number of aryl methyl sites for hydroxylation is 2. The average molecular weight is 280 g/mol. The molecule has 5 nitrogen and oxygen atoms in total. The first-order valence-electron chi connectivity index (χ1n) is 5.78. The number of aromatic nitrogens is 1. The molecule has 0 saturated heterocycles. The molecular weight excluding hydrogens is 266 g/mol. The Bertz CT molecular complexity index is 595. The highest BCUT2D eigenvalue weighted by atomic mass is 35.5. The first kappa shape index (κ1) is 13.4. The molecule has 0 aliphatic rings. The van der Waals surface area contributed by atoms with E-state index in [0.717, 1.165) is 16.9 Å². The van der Waals surface area contributed by atoms with Crippen molar-refractivity contribution in [3.05, 3.63) is 40.5 Å². The molecule has 0 radical (unpaired) electrons. The summed E-state index contributed by atoms with van der Waals surface area (Å²) in [6.45, 7) is 3.85. The van der Waals surface area contributed by atoms with Crippen LogP contribution >= 0.6 is 11.6 Å². The van der Waals surface area contributed by atoms with Gasteiger partial charge in [0.2, 0.25) is 11.8 Å². The summed E-state index contributed by atoms with van der Waals surface area (Å²) in [5.74, 6) is 0.141. The molecule has 2 aromatic rings. The van der Waals surface area contributed by atoms with Gasteiger partial charge in [-0.3, -0.25) is 10.1 Å². The van der Waals surface area contributed by atoms with Crippen LogP contribution in [0.5, 0.6) is 0 Å². The van der Waals surface area contributed by atoms with Crippen LogP contribution in [0.2, 0.25) is 5.02 Å². The molecule has 0 atom stereocenters. The Balaban J connectivity index is 1.89. The topological polar surface area (TPSA) is 67.2 Å². The van der Waals surface area contributed by atoms with Crippen LogP contribution in [0.1, 0.15) is 11.3 Å². The van der Waals surface area contributed by atoms with E-state index in [1.807, 2.05) is 19.1 Å². The normalized spacial score (nSPS) is 10.3. The zero-order chi connectivity index (χ0) is 13.8. The van der Waals surface area contributed by atoms with Crippen LogP contribution in [-0.4, -0.2) is 17.6 Å². The minimum Gasteiger partial charge on any atom is -0.376 e. The molecule has 6 heteroatoms. The van der Waals surface area contributed by atoms with Crippen LogP contribution in [0.4, 0.5) is 11.6 Å². The van der Waals surface area contributed by atoms with Gasteiger partial charge in [0.05, 0.1) is 12.2 Å². The number of rotatable bonds is 4. The lowest BCUT2D eigenvalue weighted by Gasteiger charge is -2.09. The van der Waals surface area contributed by atoms with Gasteiger partial charge in [0.1, 0.15) is 0 Å². The van der Waals surface area contributed by atoms with Crippen molar-refractivity contribution >= 4 is 29.1 Å². The summed E-state index contributed by atoms with van der Waals surface area (Å²) >= 11 is 5.86. The second kappa shape index (κ2) is 5.75. The maximum absolute atomic E-state index is 11.7. The number of hydrogen-bond acceptors (Lipinski definition) is 4. The maximum Gasteiger partial charge on any atom is 0.246 e. The second-order valence-corrected chi connectivity index (χ2v) is 4.63. The lowest BCUT2D eigenvalue weighted by atomic mass is 10.2. The highest BCUT2D eigenvalue weighted by Crippen LogP contribution is 2.19. The van der Waals surface area contributed by atoms with Gasteiger partial charge in [0.25, 0.3) is 0 Å². The number of benzene rings is 1. The van der Waals surface area contributed by atoms with Crippen LogP contribution < -0.4 is 10.6 Å². The van der Waals surface area contributed by atoms with Gasteiger partial charge < -0.3 is 9.84 Å². The number of carbonyl (C=O) groups is 1. The lowest BCUT2D eigenvalue weighted by Crippen LogP contribution is -2.21. The number of halogens is 1. The van der Waals surface area contributed by atoms with Crippen molar-refractivity contribution < 1.29 is 9.32 Å². The van der Waals surface area contributed by atoms with Crippen molar-refractivity contribution in [1.29, 1.82) is 0 Å². The van der Waals surface area contributed by atoms with E-state index in [1.54, 1.807) is 19.1 Å². The zero-order valence-electron chi connectivity index (χ0n) is 10.7. The predicted molar refractivity (Wildman–Crippen MR) is 74.5 cm³/mol. The van der Waals surface area contributed by atoms with E-state index < -0.39 is 0 Å². The summed E-state index contributed by atoms with van der Waals surface area (Å²) in [5, 5.41) is 10.00. The molecule has 1 aromatic carbocycles. The highest BCUT2D eigenvalue weighted by Gasteiger charge is 2.07. The number of anilines is 2. The minimum atomic E-state index is -0.203. The Labute approximate surface area is 115 Å². The fraction of sp³-hybridized carbons (Fsp3) is 0.231. The highest BCUT2D eigenvalue weighted by molar-refractivity contribution is 6.30. The average Bonchev–Trinajstić information content (AvgIpc) is 2.73. The Morgan fingerprint density at radius 3 is 2.79 bits per heavy atom. The molecule has 2 N–H and O–H groups in total. The molecule has 100 valence electrons. The Hall–Kier alpha value is -2.01. The molecular formula is C13H14ClN3O2. The first-order chi connectivity index (χ1) is 9.04. The largest absolute Gasteiger partial charge is 0.376 e. The van der Waals surface area contributed by atoms with Gasteiger partial charge in [-0.05, 0) is 37.6 Å². The maximum atomic E-state index is 11.7. The Morgan fingerprint density at radius 1 is 1.37 bits per heavy atom. The van der Waals surface area contributed by atoms with E-state index in [2.05, 4.69) is 15.8 Å². The van der Waals surface area contributed by atoms with E-state index in [9.17, 15) is 4.79 Å². The Kier molecular flexibility index (Phi) is 4.06. The van der Waals surface area contributed by atoms with Crippen molar-refractivity contribution in [3.8, 4) is 0 Å². The molecule has 1 amide bonds. The van der Waals surface area contributed by atoms with Crippen LogP contribution in [0.25, 0.3) is 0 Å². The molecule has 0 unspecified atom stereocenters. The van der Waals surface area contributed by atoms with E-state index >= 15 is 0 Å². The smallest absolute Gasteiger partial charge is 0.246 e. The summed E-state index contributed by atoms with van der Waals surface area (Å²) in [5.41, 5.74) is 2.57. The van der Waals surface area contributed by atoms with E-state index in [4.69, 9.17) is 16.1 Å². The zero-order valence-corrected chi connectivity index (χ0v) is 11.4. The van der Waals surface area contributed by atoms with Crippen LogP contribution in [0, 0.1) is 13.8 Å². The third kappa shape index (κ3) is 3.72. The standard InChI is InChI=1S/C13H14ClN3O2/c1-8-5-10(14)3-4-11(8)15-7-12(18)16-13-6-9(2)17-19-13/h3-6,15H,7H2,1-2H3,(H,16,18). The van der Waals surface area contributed by atoms with Gasteiger partial charge >= 0.3 is 0 Å². The van der Waals surface area contributed by atoms with Crippen molar-refractivity contribution in [2.75, 3.05) is 17.2 Å². The Morgan fingerprint density at radius 2 is 2.16 bits per heavy atom. The van der Waals surface area contributed by atoms with Crippen LogP contribution in [0.3, 0.4) is 0 Å². The van der Waals surface area contributed by atoms with Gasteiger partial charge in [-0.15, -0.1) is 0 Å². The number of nitrogens with one attached hydrogen (secondary N) is 2. The molecule has 1 aromatic heterocycles. The summed E-state index contributed by atoms with van der Waals surface area (Å²) in [7, 11) is 0. The van der Waals surface area contributed by atoms with Gasteiger partial charge in [0, 0.05) is 16.8 Å². The summed E-state index contributed by atoms with van der Waals surface area (Å²) in [6.07, 6.45) is 0. The first-order valence-corrected chi connectivity index (χ1v) is 6.15. The number of amides is 1. The molecule has 0 spiro atoms. The number of carbonyl (C=O) groups excluding carboxylic acids is 1. The number of nitrogens with zero attached hydrogens (tertiary/aromatic N) is 1. The van der Waals surface area contributed by atoms with Crippen molar-refractivity contribution in [3.63, 3.8) is 0 Å². The number of hydrogen-bond donors (Lipinski definition) is 2. The molecule has 1 heterocycles. The van der Waals surface area contributed by atoms with Crippen molar-refractivity contribution in [2.45, 2.75) is 13.8 Å². The van der Waals surface area contributed by atoms with Crippen LogP contribution in [-0.2, 0) is 4.79 Å². The third-order valence-electron chi connectivity index (χ3n) is 2.52. The molecule has 0 aliphatic carbocycles. The molecule has 0 saturated carbocycles.